The van der Waals surface area contributed by atoms with Gasteiger partial charge in [-0.05, 0) is 49.4 Å². The van der Waals surface area contributed by atoms with Crippen LogP contribution in [-0.2, 0) is 12.8 Å². The van der Waals surface area contributed by atoms with Gasteiger partial charge in [0.25, 0.3) is 0 Å². The summed E-state index contributed by atoms with van der Waals surface area (Å²) >= 11 is 6.66. The number of hydrogen-bond acceptors (Lipinski definition) is 5. The van der Waals surface area contributed by atoms with Crippen molar-refractivity contribution in [2.45, 2.75) is 25.7 Å². The molecule has 6 heteroatoms. The minimum Gasteiger partial charge on any atom is -0.422 e. The highest BCUT2D eigenvalue weighted by Gasteiger charge is 2.28. The number of fused-ring (bicyclic) bond motifs is 2. The molecule has 0 saturated heterocycles. The Bertz CT molecular complexity index is 1140. The lowest BCUT2D eigenvalue weighted by molar-refractivity contribution is 0.548. The molecule has 2 aliphatic rings. The summed E-state index contributed by atoms with van der Waals surface area (Å²) in [4.78, 5) is 15.1. The third kappa shape index (κ3) is 2.87. The smallest absolute Gasteiger partial charge is 0.346 e. The third-order valence-electron chi connectivity index (χ3n) is 5.52. The Labute approximate surface area is 167 Å². The van der Waals surface area contributed by atoms with Gasteiger partial charge in [0.05, 0.1) is 22.5 Å². The summed E-state index contributed by atoms with van der Waals surface area (Å²) in [6, 6.07) is 11.6. The summed E-state index contributed by atoms with van der Waals surface area (Å²) in [5, 5.41) is 5.38. The molecule has 0 radical (unpaired) electrons. The van der Waals surface area contributed by atoms with Gasteiger partial charge in [0.15, 0.2) is 0 Å². The van der Waals surface area contributed by atoms with E-state index in [0.29, 0.717) is 10.6 Å². The Morgan fingerprint density at radius 2 is 1.93 bits per heavy atom. The predicted molar refractivity (Wildman–Crippen MR) is 114 cm³/mol. The number of anilines is 2. The van der Waals surface area contributed by atoms with Crippen molar-refractivity contribution in [3.8, 4) is 0 Å². The number of hydrazone groups is 1. The number of nitrogens with zero attached hydrogens (tertiary/aromatic N) is 2. The van der Waals surface area contributed by atoms with Crippen LogP contribution in [0.4, 0.5) is 11.4 Å². The molecule has 0 amide bonds. The zero-order valence-corrected chi connectivity index (χ0v) is 16.1. The molecule has 2 aliphatic heterocycles. The Hall–Kier alpha value is -2.79. The van der Waals surface area contributed by atoms with Gasteiger partial charge in [-0.3, -0.25) is 5.43 Å². The zero-order valence-electron chi connectivity index (χ0n) is 15.4. The normalized spacial score (nSPS) is 15.8. The lowest BCUT2D eigenvalue weighted by atomic mass is 9.90. The highest BCUT2D eigenvalue weighted by Crippen LogP contribution is 2.41. The largest absolute Gasteiger partial charge is 0.422 e. The number of halogens is 1. The first-order valence-electron chi connectivity index (χ1n) is 9.62. The van der Waals surface area contributed by atoms with Crippen molar-refractivity contribution in [2.75, 3.05) is 23.4 Å². The van der Waals surface area contributed by atoms with Crippen molar-refractivity contribution in [1.29, 1.82) is 0 Å². The van der Waals surface area contributed by atoms with Gasteiger partial charge in [-0.25, -0.2) is 4.79 Å². The molecule has 3 heterocycles. The van der Waals surface area contributed by atoms with E-state index < -0.39 is 5.63 Å². The highest BCUT2D eigenvalue weighted by molar-refractivity contribution is 6.37. The van der Waals surface area contributed by atoms with Crippen molar-refractivity contribution in [3.05, 3.63) is 68.5 Å². The van der Waals surface area contributed by atoms with Crippen molar-refractivity contribution in [1.82, 2.24) is 0 Å². The van der Waals surface area contributed by atoms with Gasteiger partial charge in [-0.2, -0.15) is 5.10 Å². The molecule has 0 fully saturated rings. The van der Waals surface area contributed by atoms with E-state index in [0.717, 1.165) is 55.4 Å². The molecular formula is C22H20ClN3O2. The monoisotopic (exact) mass is 393 g/mol. The minimum atomic E-state index is -0.458. The second-order valence-electron chi connectivity index (χ2n) is 7.29. The second-order valence-corrected chi connectivity index (χ2v) is 7.66. The fourth-order valence-electron chi connectivity index (χ4n) is 4.29. The maximum absolute atomic E-state index is 12.6. The van der Waals surface area contributed by atoms with E-state index in [2.05, 4.69) is 21.5 Å². The number of rotatable bonds is 3. The standard InChI is InChI=1S/C22H20ClN3O2/c23-19-17-12-14-6-4-10-26-11-5-9-16(20(14)26)21(17)28-22(27)18(19)13-24-25-15-7-2-1-3-8-15/h1-3,7-8,12-13,25H,4-6,9-11H2/b24-13+. The second kappa shape index (κ2) is 6.99. The Morgan fingerprint density at radius 3 is 2.75 bits per heavy atom. The van der Waals surface area contributed by atoms with Gasteiger partial charge in [0, 0.05) is 29.7 Å². The zero-order chi connectivity index (χ0) is 19.1. The molecule has 2 aromatic carbocycles. The first-order chi connectivity index (χ1) is 13.7. The molecule has 0 spiro atoms. The van der Waals surface area contributed by atoms with Crippen LogP contribution < -0.4 is 16.0 Å². The first kappa shape index (κ1) is 17.3. The van der Waals surface area contributed by atoms with Crippen molar-refractivity contribution in [2.24, 2.45) is 5.10 Å². The molecule has 1 N–H and O–H groups in total. The summed E-state index contributed by atoms with van der Waals surface area (Å²) in [5.41, 5.74) is 7.87. The molecule has 0 bridgehead atoms. The highest BCUT2D eigenvalue weighted by atomic mass is 35.5. The Balaban J connectivity index is 1.61. The average Bonchev–Trinajstić information content (AvgIpc) is 2.72. The molecule has 0 aliphatic carbocycles. The molecular weight excluding hydrogens is 374 g/mol. The van der Waals surface area contributed by atoms with E-state index in [1.165, 1.54) is 17.5 Å². The lowest BCUT2D eigenvalue weighted by Gasteiger charge is -2.37. The van der Waals surface area contributed by atoms with E-state index >= 15 is 0 Å². The lowest BCUT2D eigenvalue weighted by Crippen LogP contribution is -2.34. The molecule has 142 valence electrons. The molecule has 5 nitrogen and oxygen atoms in total. The van der Waals surface area contributed by atoms with Gasteiger partial charge >= 0.3 is 5.63 Å². The van der Waals surface area contributed by atoms with Gasteiger partial charge in [0.1, 0.15) is 5.58 Å². The maximum atomic E-state index is 12.6. The van der Waals surface area contributed by atoms with E-state index in [1.807, 2.05) is 30.3 Å². The fourth-order valence-corrected chi connectivity index (χ4v) is 4.55. The Morgan fingerprint density at radius 1 is 1.14 bits per heavy atom. The van der Waals surface area contributed by atoms with Gasteiger partial charge in [-0.1, -0.05) is 29.8 Å². The Kier molecular flexibility index (Phi) is 4.32. The molecule has 0 atom stereocenters. The predicted octanol–water partition coefficient (Wildman–Crippen LogP) is 4.59. The van der Waals surface area contributed by atoms with E-state index in [4.69, 9.17) is 16.0 Å². The SMILES string of the molecule is O=c1oc2c3c4c(cc2c(Cl)c1/C=N/Nc1ccccc1)CCCN4CCC3. The van der Waals surface area contributed by atoms with Crippen LogP contribution in [0.2, 0.25) is 5.02 Å². The summed E-state index contributed by atoms with van der Waals surface area (Å²) in [6.45, 7) is 2.14. The summed E-state index contributed by atoms with van der Waals surface area (Å²) in [6.07, 6.45) is 5.60. The van der Waals surface area contributed by atoms with Crippen LogP contribution >= 0.6 is 11.6 Å². The van der Waals surface area contributed by atoms with Crippen LogP contribution in [0.3, 0.4) is 0 Å². The van der Waals surface area contributed by atoms with E-state index in [1.54, 1.807) is 0 Å². The van der Waals surface area contributed by atoms with Crippen LogP contribution in [-0.4, -0.2) is 19.3 Å². The average molecular weight is 394 g/mol. The van der Waals surface area contributed by atoms with Crippen LogP contribution in [0.1, 0.15) is 29.5 Å². The van der Waals surface area contributed by atoms with E-state index in [-0.39, 0.29) is 5.56 Å². The van der Waals surface area contributed by atoms with Crippen molar-refractivity contribution in [3.63, 3.8) is 0 Å². The van der Waals surface area contributed by atoms with Crippen LogP contribution in [0.5, 0.6) is 0 Å². The maximum Gasteiger partial charge on any atom is 0.346 e. The molecule has 28 heavy (non-hydrogen) atoms. The van der Waals surface area contributed by atoms with Gasteiger partial charge in [-0.15, -0.1) is 0 Å². The molecule has 1 aromatic heterocycles. The molecule has 0 unspecified atom stereocenters. The molecule has 5 rings (SSSR count). The summed E-state index contributed by atoms with van der Waals surface area (Å²) in [5.74, 6) is 0. The number of para-hydroxylation sites is 1. The van der Waals surface area contributed by atoms with Crippen molar-refractivity contribution < 1.29 is 4.42 Å². The van der Waals surface area contributed by atoms with Crippen LogP contribution in [0, 0.1) is 0 Å². The minimum absolute atomic E-state index is 0.272. The number of hydrogen-bond donors (Lipinski definition) is 1. The van der Waals surface area contributed by atoms with E-state index in [9.17, 15) is 4.79 Å². The van der Waals surface area contributed by atoms with Crippen LogP contribution in [0.15, 0.2) is 50.7 Å². The third-order valence-corrected chi connectivity index (χ3v) is 5.93. The number of nitrogens with one attached hydrogen (secondary N) is 1. The fraction of sp³-hybridized carbons (Fsp3) is 0.273. The van der Waals surface area contributed by atoms with Crippen LogP contribution in [0.25, 0.3) is 11.0 Å². The quantitative estimate of drug-likeness (QED) is 0.401. The topological polar surface area (TPSA) is 57.8 Å². The number of aryl methyl sites for hydroxylation is 2. The molecule has 3 aromatic rings. The number of benzene rings is 2. The van der Waals surface area contributed by atoms with Gasteiger partial charge in [0.2, 0.25) is 0 Å². The van der Waals surface area contributed by atoms with Gasteiger partial charge < -0.3 is 9.32 Å². The first-order valence-corrected chi connectivity index (χ1v) is 10.0. The van der Waals surface area contributed by atoms with Crippen molar-refractivity contribution >= 4 is 40.2 Å². The summed E-state index contributed by atoms with van der Waals surface area (Å²) < 4.78 is 5.76. The molecule has 0 saturated carbocycles. The summed E-state index contributed by atoms with van der Waals surface area (Å²) in [7, 11) is 0.